The molecule has 0 bridgehead atoms. The average Bonchev–Trinajstić information content (AvgIpc) is 3.16. The van der Waals surface area contributed by atoms with E-state index in [1.54, 1.807) is 26.0 Å². The predicted octanol–water partition coefficient (Wildman–Crippen LogP) is 4.21. The predicted molar refractivity (Wildman–Crippen MR) is 131 cm³/mol. The van der Waals surface area contributed by atoms with Gasteiger partial charge in [0.2, 0.25) is 5.91 Å². The summed E-state index contributed by atoms with van der Waals surface area (Å²) in [5.74, 6) is -1.33. The molecule has 35 heavy (non-hydrogen) atoms. The molecule has 8 heteroatoms. The molecule has 1 heterocycles. The van der Waals surface area contributed by atoms with Gasteiger partial charge in [-0.1, -0.05) is 48.5 Å². The molecular formula is C27H27N3O5. The minimum absolute atomic E-state index is 0.0407. The van der Waals surface area contributed by atoms with Crippen molar-refractivity contribution in [2.24, 2.45) is 5.41 Å². The first-order valence-corrected chi connectivity index (χ1v) is 11.3. The Morgan fingerprint density at radius 2 is 1.60 bits per heavy atom. The number of aromatic nitrogens is 1. The Morgan fingerprint density at radius 1 is 0.971 bits per heavy atom. The minimum Gasteiger partial charge on any atom is -0.481 e. The highest BCUT2D eigenvalue weighted by Crippen LogP contribution is 2.44. The summed E-state index contributed by atoms with van der Waals surface area (Å²) in [5, 5.41) is 14.3. The molecule has 3 aromatic rings. The van der Waals surface area contributed by atoms with Crippen molar-refractivity contribution in [3.63, 3.8) is 0 Å². The highest BCUT2D eigenvalue weighted by atomic mass is 16.5. The highest BCUT2D eigenvalue weighted by molar-refractivity contribution is 5.95. The Balaban J connectivity index is 1.30. The summed E-state index contributed by atoms with van der Waals surface area (Å²) in [6, 6.07) is 19.4. The molecule has 0 fully saturated rings. The number of rotatable bonds is 8. The van der Waals surface area contributed by atoms with Gasteiger partial charge in [0.1, 0.15) is 6.61 Å². The van der Waals surface area contributed by atoms with E-state index in [9.17, 15) is 14.4 Å². The molecule has 3 N–H and O–H groups in total. The molecule has 1 aliphatic carbocycles. The number of carbonyl (C=O) groups is 3. The van der Waals surface area contributed by atoms with Crippen LogP contribution in [-0.2, 0) is 20.7 Å². The molecule has 0 radical (unpaired) electrons. The third-order valence-corrected chi connectivity index (χ3v) is 6.05. The summed E-state index contributed by atoms with van der Waals surface area (Å²) in [5.41, 5.74) is 4.48. The number of fused-ring (bicyclic) bond motifs is 3. The molecule has 1 aliphatic rings. The number of carbonyl (C=O) groups excluding carboxylic acids is 2. The van der Waals surface area contributed by atoms with E-state index in [-0.39, 0.29) is 31.4 Å². The number of alkyl carbamates (subject to hydrolysis) is 1. The van der Waals surface area contributed by atoms with E-state index in [0.29, 0.717) is 11.4 Å². The summed E-state index contributed by atoms with van der Waals surface area (Å²) >= 11 is 0. The van der Waals surface area contributed by atoms with Crippen LogP contribution in [0.1, 0.15) is 36.6 Å². The van der Waals surface area contributed by atoms with E-state index >= 15 is 0 Å². The molecule has 4 rings (SSSR count). The maximum absolute atomic E-state index is 12.7. The Kier molecular flexibility index (Phi) is 6.82. The molecule has 0 atom stereocenters. The zero-order chi connectivity index (χ0) is 25.0. The Morgan fingerprint density at radius 3 is 2.17 bits per heavy atom. The number of pyridine rings is 1. The lowest BCUT2D eigenvalue weighted by Crippen LogP contribution is -2.42. The number of carboxylic acid groups (broad SMARTS) is 1. The van der Waals surface area contributed by atoms with Crippen molar-refractivity contribution < 1.29 is 24.2 Å². The quantitative estimate of drug-likeness (QED) is 0.451. The van der Waals surface area contributed by atoms with E-state index in [2.05, 4.69) is 39.9 Å². The van der Waals surface area contributed by atoms with E-state index in [0.717, 1.165) is 22.3 Å². The molecule has 180 valence electrons. The molecule has 0 saturated heterocycles. The first-order valence-electron chi connectivity index (χ1n) is 11.3. The molecule has 0 spiro atoms. The van der Waals surface area contributed by atoms with E-state index in [1.165, 1.54) is 6.20 Å². The van der Waals surface area contributed by atoms with Gasteiger partial charge in [0.15, 0.2) is 0 Å². The molecule has 1 aromatic heterocycles. The number of benzene rings is 2. The van der Waals surface area contributed by atoms with Gasteiger partial charge in [-0.3, -0.25) is 14.6 Å². The van der Waals surface area contributed by atoms with Gasteiger partial charge in [-0.05, 0) is 48.2 Å². The van der Waals surface area contributed by atoms with E-state index in [4.69, 9.17) is 9.84 Å². The Bertz CT molecular complexity index is 1210. The molecule has 0 saturated carbocycles. The first-order chi connectivity index (χ1) is 16.7. The number of aliphatic carboxylic acids is 1. The fourth-order valence-electron chi connectivity index (χ4n) is 4.08. The van der Waals surface area contributed by atoms with Crippen molar-refractivity contribution in [3.05, 3.63) is 83.7 Å². The van der Waals surface area contributed by atoms with Crippen LogP contribution in [-0.4, -0.2) is 41.2 Å². The van der Waals surface area contributed by atoms with Crippen LogP contribution in [0.3, 0.4) is 0 Å². The first kappa shape index (κ1) is 23.9. The third kappa shape index (κ3) is 5.48. The molecule has 2 aromatic carbocycles. The lowest BCUT2D eigenvalue weighted by atomic mass is 9.92. The van der Waals surface area contributed by atoms with Crippen LogP contribution >= 0.6 is 0 Å². The van der Waals surface area contributed by atoms with Crippen molar-refractivity contribution in [3.8, 4) is 11.1 Å². The fraction of sp³-hybridized carbons (Fsp3) is 0.259. The fourth-order valence-corrected chi connectivity index (χ4v) is 4.08. The number of nitrogens with one attached hydrogen (secondary N) is 2. The second-order valence-electron chi connectivity index (χ2n) is 9.13. The summed E-state index contributed by atoms with van der Waals surface area (Å²) in [4.78, 5) is 40.0. The number of amides is 2. The van der Waals surface area contributed by atoms with Crippen LogP contribution in [0.2, 0.25) is 0 Å². The lowest BCUT2D eigenvalue weighted by molar-refractivity contribution is -0.136. The monoisotopic (exact) mass is 473 g/mol. The largest absolute Gasteiger partial charge is 0.481 e. The zero-order valence-electron chi connectivity index (χ0n) is 19.6. The van der Waals surface area contributed by atoms with Gasteiger partial charge in [-0.15, -0.1) is 0 Å². The number of nitrogens with zero attached hydrogens (tertiary/aromatic N) is 1. The average molecular weight is 474 g/mol. The van der Waals surface area contributed by atoms with Crippen molar-refractivity contribution in [2.75, 3.05) is 18.5 Å². The second kappa shape index (κ2) is 9.97. The summed E-state index contributed by atoms with van der Waals surface area (Å²) in [6.45, 7) is 3.68. The number of carboxylic acids is 1. The van der Waals surface area contributed by atoms with Crippen LogP contribution in [0, 0.1) is 5.41 Å². The minimum atomic E-state index is -0.977. The summed E-state index contributed by atoms with van der Waals surface area (Å²) in [6.07, 6.45) is 0.627. The highest BCUT2D eigenvalue weighted by Gasteiger charge is 2.31. The molecule has 0 unspecified atom stereocenters. The third-order valence-electron chi connectivity index (χ3n) is 6.05. The van der Waals surface area contributed by atoms with Crippen molar-refractivity contribution in [1.29, 1.82) is 0 Å². The van der Waals surface area contributed by atoms with Crippen LogP contribution < -0.4 is 10.6 Å². The van der Waals surface area contributed by atoms with Gasteiger partial charge in [-0.2, -0.15) is 0 Å². The summed E-state index contributed by atoms with van der Waals surface area (Å²) in [7, 11) is 0. The maximum Gasteiger partial charge on any atom is 0.407 e. The molecule has 0 aliphatic heterocycles. The van der Waals surface area contributed by atoms with Crippen molar-refractivity contribution >= 4 is 23.7 Å². The zero-order valence-corrected chi connectivity index (χ0v) is 19.6. The summed E-state index contributed by atoms with van der Waals surface area (Å²) < 4.78 is 5.54. The Labute approximate surface area is 203 Å². The van der Waals surface area contributed by atoms with Gasteiger partial charge >= 0.3 is 12.1 Å². The van der Waals surface area contributed by atoms with Gasteiger partial charge in [0.25, 0.3) is 0 Å². The standard InChI is InChI=1S/C27H27N3O5/c1-27(2,25(33)30-18-12-11-17(28-14-18)13-24(31)32)16-29-26(34)35-15-23-21-9-5-3-7-19(21)20-8-4-6-10-22(20)23/h3-12,14,23H,13,15-16H2,1-2H3,(H,29,34)(H,30,33)(H,31,32). The van der Waals surface area contributed by atoms with E-state index in [1.807, 2.05) is 24.3 Å². The van der Waals surface area contributed by atoms with E-state index < -0.39 is 17.5 Å². The van der Waals surface area contributed by atoms with Gasteiger partial charge in [0.05, 0.1) is 29.4 Å². The number of ether oxygens (including phenoxy) is 1. The van der Waals surface area contributed by atoms with Gasteiger partial charge < -0.3 is 20.5 Å². The second-order valence-corrected chi connectivity index (χ2v) is 9.13. The van der Waals surface area contributed by atoms with Crippen LogP contribution in [0.15, 0.2) is 66.9 Å². The molecule has 8 nitrogen and oxygen atoms in total. The van der Waals surface area contributed by atoms with Gasteiger partial charge in [-0.25, -0.2) is 4.79 Å². The molecular weight excluding hydrogens is 446 g/mol. The maximum atomic E-state index is 12.7. The lowest BCUT2D eigenvalue weighted by Gasteiger charge is -2.24. The van der Waals surface area contributed by atoms with Crippen LogP contribution in [0.5, 0.6) is 0 Å². The smallest absolute Gasteiger partial charge is 0.407 e. The number of hydrogen-bond donors (Lipinski definition) is 3. The topological polar surface area (TPSA) is 118 Å². The SMILES string of the molecule is CC(C)(CNC(=O)OCC1c2ccccc2-c2ccccc21)C(=O)Nc1ccc(CC(=O)O)nc1. The van der Waals surface area contributed by atoms with Crippen LogP contribution in [0.25, 0.3) is 11.1 Å². The van der Waals surface area contributed by atoms with Crippen LogP contribution in [0.4, 0.5) is 10.5 Å². The number of anilines is 1. The Hall–Kier alpha value is -4.20. The van der Waals surface area contributed by atoms with Gasteiger partial charge in [0, 0.05) is 12.5 Å². The molecule has 2 amide bonds. The number of hydrogen-bond acceptors (Lipinski definition) is 5. The normalized spacial score (nSPS) is 12.4. The van der Waals surface area contributed by atoms with Crippen molar-refractivity contribution in [1.82, 2.24) is 10.3 Å². The van der Waals surface area contributed by atoms with Crippen molar-refractivity contribution in [2.45, 2.75) is 26.2 Å².